The Kier molecular flexibility index (Phi) is 4.23. The van der Waals surface area contributed by atoms with Gasteiger partial charge in [-0.1, -0.05) is 12.2 Å². The van der Waals surface area contributed by atoms with Gasteiger partial charge in [0.1, 0.15) is 16.6 Å². The van der Waals surface area contributed by atoms with Gasteiger partial charge in [0.05, 0.1) is 15.3 Å². The summed E-state index contributed by atoms with van der Waals surface area (Å²) < 4.78 is 2.14. The first-order valence-corrected chi connectivity index (χ1v) is 7.00. The molecule has 0 aliphatic rings. The van der Waals surface area contributed by atoms with Crippen LogP contribution in [0.5, 0.6) is 5.75 Å². The summed E-state index contributed by atoms with van der Waals surface area (Å²) in [5.74, 6) is 0.0937. The summed E-state index contributed by atoms with van der Waals surface area (Å²) in [5, 5.41) is 16.3. The maximum absolute atomic E-state index is 12.2. The zero-order valence-electron chi connectivity index (χ0n) is 10.4. The molecule has 0 atom stereocenters. The Labute approximate surface area is 134 Å². The van der Waals surface area contributed by atoms with E-state index in [2.05, 4.69) is 10.4 Å². The number of nitrogens with one attached hydrogen (secondary N) is 1. The molecule has 0 radical (unpaired) electrons. The van der Waals surface area contributed by atoms with Crippen molar-refractivity contribution in [1.82, 2.24) is 9.78 Å². The van der Waals surface area contributed by atoms with Gasteiger partial charge < -0.3 is 16.2 Å². The zero-order valence-corrected chi connectivity index (χ0v) is 13.4. The van der Waals surface area contributed by atoms with Crippen molar-refractivity contribution in [3.05, 3.63) is 39.1 Å². The average Bonchev–Trinajstić information content (AvgIpc) is 2.74. The van der Waals surface area contributed by atoms with Gasteiger partial charge in [0.15, 0.2) is 0 Å². The second-order valence-corrected chi connectivity index (χ2v) is 5.62. The smallest absolute Gasteiger partial charge is 0.256 e. The average molecular weight is 402 g/mol. The van der Waals surface area contributed by atoms with E-state index in [9.17, 15) is 9.90 Å². The van der Waals surface area contributed by atoms with Crippen molar-refractivity contribution in [2.45, 2.75) is 0 Å². The van der Waals surface area contributed by atoms with Gasteiger partial charge in [-0.2, -0.15) is 5.10 Å². The summed E-state index contributed by atoms with van der Waals surface area (Å²) in [6, 6.07) is 4.67. The molecule has 20 heavy (non-hydrogen) atoms. The van der Waals surface area contributed by atoms with Crippen LogP contribution in [-0.2, 0) is 7.05 Å². The molecule has 0 aliphatic carbocycles. The molecule has 0 unspecified atom stereocenters. The molecule has 0 saturated carbocycles. The third kappa shape index (κ3) is 2.90. The molecule has 1 aromatic carbocycles. The van der Waals surface area contributed by atoms with Crippen LogP contribution < -0.4 is 11.1 Å². The van der Waals surface area contributed by atoms with Crippen LogP contribution >= 0.6 is 34.8 Å². The number of hydrogen-bond acceptors (Lipinski definition) is 4. The number of hydrogen-bond donors (Lipinski definition) is 3. The summed E-state index contributed by atoms with van der Waals surface area (Å²) in [4.78, 5) is 12.3. The maximum Gasteiger partial charge on any atom is 0.256 e. The Morgan fingerprint density at radius 2 is 2.25 bits per heavy atom. The minimum Gasteiger partial charge on any atom is -0.507 e. The topological polar surface area (TPSA) is 93.2 Å². The molecule has 0 saturated heterocycles. The van der Waals surface area contributed by atoms with E-state index in [1.807, 2.05) is 22.6 Å². The van der Waals surface area contributed by atoms with E-state index in [4.69, 9.17) is 18.0 Å². The molecule has 1 amide bonds. The summed E-state index contributed by atoms with van der Waals surface area (Å²) in [6.45, 7) is 0. The largest absolute Gasteiger partial charge is 0.507 e. The maximum atomic E-state index is 12.2. The van der Waals surface area contributed by atoms with Crippen molar-refractivity contribution >= 4 is 51.5 Å². The van der Waals surface area contributed by atoms with Crippen LogP contribution in [0.15, 0.2) is 24.4 Å². The van der Waals surface area contributed by atoms with Crippen LogP contribution in [0, 0.1) is 3.57 Å². The summed E-state index contributed by atoms with van der Waals surface area (Å²) in [5.41, 5.74) is 6.39. The lowest BCUT2D eigenvalue weighted by Gasteiger charge is -2.08. The highest BCUT2D eigenvalue weighted by Gasteiger charge is 2.15. The fourth-order valence-corrected chi connectivity index (χ4v) is 2.08. The number of aryl methyl sites for hydroxylation is 1. The molecular formula is C12H11IN4O2S. The fraction of sp³-hybridized carbons (Fsp3) is 0.0833. The van der Waals surface area contributed by atoms with Crippen molar-refractivity contribution in [1.29, 1.82) is 0 Å². The number of phenols is 1. The van der Waals surface area contributed by atoms with Crippen LogP contribution in [-0.4, -0.2) is 25.8 Å². The number of rotatable bonds is 3. The highest BCUT2D eigenvalue weighted by molar-refractivity contribution is 14.1. The van der Waals surface area contributed by atoms with E-state index in [0.717, 1.165) is 0 Å². The van der Waals surface area contributed by atoms with Crippen molar-refractivity contribution in [3.8, 4) is 5.75 Å². The van der Waals surface area contributed by atoms with E-state index >= 15 is 0 Å². The monoisotopic (exact) mass is 402 g/mol. The summed E-state index contributed by atoms with van der Waals surface area (Å²) >= 11 is 6.88. The summed E-state index contributed by atoms with van der Waals surface area (Å²) in [7, 11) is 1.67. The minimum absolute atomic E-state index is 0.0535. The Balaban J connectivity index is 2.30. The molecule has 104 valence electrons. The quantitative estimate of drug-likeness (QED) is 0.536. The molecule has 0 spiro atoms. The molecule has 8 heteroatoms. The highest BCUT2D eigenvalue weighted by atomic mass is 127. The number of anilines is 1. The Morgan fingerprint density at radius 3 is 2.85 bits per heavy atom. The summed E-state index contributed by atoms with van der Waals surface area (Å²) in [6.07, 6.45) is 1.49. The van der Waals surface area contributed by atoms with Crippen LogP contribution in [0.3, 0.4) is 0 Å². The number of halogens is 1. The fourth-order valence-electron chi connectivity index (χ4n) is 1.60. The number of aromatic nitrogens is 2. The first-order valence-electron chi connectivity index (χ1n) is 5.52. The Bertz CT molecular complexity index is 699. The van der Waals surface area contributed by atoms with Gasteiger partial charge in [0.25, 0.3) is 5.91 Å². The van der Waals surface area contributed by atoms with Gasteiger partial charge in [0.2, 0.25) is 0 Å². The third-order valence-corrected chi connectivity index (χ3v) is 3.78. The number of carbonyl (C=O) groups excluding carboxylic acids is 1. The number of thiocarbonyl (C=S) groups is 1. The number of phenolic OH excluding ortho intramolecular Hbond substituents is 1. The number of aromatic hydroxyl groups is 1. The normalized spacial score (nSPS) is 10.3. The van der Waals surface area contributed by atoms with E-state index in [-0.39, 0.29) is 16.6 Å². The molecule has 1 heterocycles. The zero-order chi connectivity index (χ0) is 14.9. The molecule has 4 N–H and O–H groups in total. The first-order chi connectivity index (χ1) is 9.40. The molecular weight excluding hydrogens is 391 g/mol. The van der Waals surface area contributed by atoms with Gasteiger partial charge in [-0.25, -0.2) is 0 Å². The molecule has 0 aliphatic heterocycles. The van der Waals surface area contributed by atoms with E-state index in [0.29, 0.717) is 20.5 Å². The van der Waals surface area contributed by atoms with Crippen molar-refractivity contribution in [2.24, 2.45) is 12.8 Å². The first kappa shape index (κ1) is 14.7. The Morgan fingerprint density at radius 1 is 1.55 bits per heavy atom. The van der Waals surface area contributed by atoms with E-state index in [1.165, 1.54) is 16.9 Å². The van der Waals surface area contributed by atoms with E-state index < -0.39 is 0 Å². The predicted octanol–water partition coefficient (Wildman–Crippen LogP) is 1.62. The van der Waals surface area contributed by atoms with Crippen LogP contribution in [0.25, 0.3) is 0 Å². The number of carbonyl (C=O) groups is 1. The van der Waals surface area contributed by atoms with Gasteiger partial charge in [-0.3, -0.25) is 9.48 Å². The van der Waals surface area contributed by atoms with Crippen molar-refractivity contribution in [3.63, 3.8) is 0 Å². The van der Waals surface area contributed by atoms with Crippen molar-refractivity contribution < 1.29 is 9.90 Å². The van der Waals surface area contributed by atoms with Crippen LogP contribution in [0.4, 0.5) is 5.82 Å². The molecule has 0 bridgehead atoms. The standard InChI is InChI=1S/C12H11IN4O2S/c1-17-11(7(5-15-17)10(14)20)16-12(19)6-2-3-8(13)9(18)4-6/h2-5,18H,1H3,(H2,14,20)(H,16,19). The van der Waals surface area contributed by atoms with Gasteiger partial charge in [0, 0.05) is 12.6 Å². The second-order valence-electron chi connectivity index (χ2n) is 4.02. The lowest BCUT2D eigenvalue weighted by atomic mass is 10.2. The van der Waals surface area contributed by atoms with Crippen molar-refractivity contribution in [2.75, 3.05) is 5.32 Å². The second kappa shape index (κ2) is 5.75. The molecule has 6 nitrogen and oxygen atoms in total. The number of nitrogens with zero attached hydrogens (tertiary/aromatic N) is 2. The number of benzene rings is 1. The number of nitrogens with two attached hydrogens (primary N) is 1. The lowest BCUT2D eigenvalue weighted by Crippen LogP contribution is -2.18. The van der Waals surface area contributed by atoms with Gasteiger partial charge in [-0.15, -0.1) is 0 Å². The SMILES string of the molecule is Cn1ncc(C(N)=S)c1NC(=O)c1ccc(I)c(O)c1. The molecule has 1 aromatic heterocycles. The van der Waals surface area contributed by atoms with Crippen LogP contribution in [0.2, 0.25) is 0 Å². The van der Waals surface area contributed by atoms with Gasteiger partial charge >= 0.3 is 0 Å². The van der Waals surface area contributed by atoms with Crippen LogP contribution in [0.1, 0.15) is 15.9 Å². The molecule has 2 aromatic rings. The lowest BCUT2D eigenvalue weighted by molar-refractivity contribution is 0.102. The molecule has 2 rings (SSSR count). The highest BCUT2D eigenvalue weighted by Crippen LogP contribution is 2.22. The third-order valence-electron chi connectivity index (χ3n) is 2.64. The Hall–Kier alpha value is -1.68. The number of amides is 1. The minimum atomic E-state index is -0.377. The predicted molar refractivity (Wildman–Crippen MR) is 87.9 cm³/mol. The molecule has 0 fully saturated rings. The van der Waals surface area contributed by atoms with Gasteiger partial charge in [-0.05, 0) is 40.8 Å². The van der Waals surface area contributed by atoms with E-state index in [1.54, 1.807) is 19.2 Å².